The Hall–Kier alpha value is -1.84. The summed E-state index contributed by atoms with van der Waals surface area (Å²) < 4.78 is 0. The van der Waals surface area contributed by atoms with Gasteiger partial charge in [0, 0.05) is 6.04 Å². The quantitative estimate of drug-likeness (QED) is 0.765. The van der Waals surface area contributed by atoms with Crippen LogP contribution in [-0.4, -0.2) is 22.8 Å². The molecule has 0 heterocycles. The summed E-state index contributed by atoms with van der Waals surface area (Å²) in [4.78, 5) is 0. The van der Waals surface area contributed by atoms with E-state index in [1.54, 1.807) is 12.1 Å². The summed E-state index contributed by atoms with van der Waals surface area (Å²) >= 11 is 0. The molecule has 0 aromatic heterocycles. The van der Waals surface area contributed by atoms with Crippen molar-refractivity contribution in [3.63, 3.8) is 0 Å². The minimum atomic E-state index is -0.583. The lowest BCUT2D eigenvalue weighted by molar-refractivity contribution is 0.136. The second-order valence-electron chi connectivity index (χ2n) is 5.47. The molecule has 0 spiro atoms. The third-order valence-electron chi connectivity index (χ3n) is 3.76. The highest BCUT2D eigenvalue weighted by Gasteiger charge is 2.16. The average molecular weight is 285 g/mol. The van der Waals surface area contributed by atoms with Gasteiger partial charge in [-0.15, -0.1) is 0 Å². The zero-order chi connectivity index (χ0) is 15.2. The van der Waals surface area contributed by atoms with E-state index in [0.29, 0.717) is 0 Å². The summed E-state index contributed by atoms with van der Waals surface area (Å²) in [5.74, 6) is 0.260. The highest BCUT2D eigenvalue weighted by atomic mass is 16.3. The van der Waals surface area contributed by atoms with Gasteiger partial charge in [-0.05, 0) is 55.6 Å². The lowest BCUT2D eigenvalue weighted by atomic mass is 10.0. The number of rotatable bonds is 6. The number of benzene rings is 2. The number of phenols is 1. The number of aryl methyl sites for hydroxylation is 1. The molecule has 3 N–H and O–H groups in total. The van der Waals surface area contributed by atoms with Crippen LogP contribution in [0.4, 0.5) is 0 Å². The zero-order valence-corrected chi connectivity index (χ0v) is 12.6. The summed E-state index contributed by atoms with van der Waals surface area (Å²) in [6.45, 7) is 4.62. The molecule has 112 valence electrons. The third kappa shape index (κ3) is 4.31. The van der Waals surface area contributed by atoms with Gasteiger partial charge in [-0.1, -0.05) is 36.4 Å². The highest BCUT2D eigenvalue weighted by molar-refractivity contribution is 5.36. The Morgan fingerprint density at radius 1 is 1.10 bits per heavy atom. The minimum absolute atomic E-state index is 0.0438. The summed E-state index contributed by atoms with van der Waals surface area (Å²) in [5.41, 5.74) is 2.89. The van der Waals surface area contributed by atoms with E-state index >= 15 is 0 Å². The zero-order valence-electron chi connectivity index (χ0n) is 12.6. The first-order chi connectivity index (χ1) is 10.1. The molecule has 0 saturated carbocycles. The molecule has 0 bridgehead atoms. The maximum atomic E-state index is 10.4. The second-order valence-corrected chi connectivity index (χ2v) is 5.47. The molecule has 0 amide bonds. The summed E-state index contributed by atoms with van der Waals surface area (Å²) in [5, 5.41) is 23.2. The van der Waals surface area contributed by atoms with Gasteiger partial charge in [0.15, 0.2) is 0 Å². The molecule has 2 unspecified atom stereocenters. The first kappa shape index (κ1) is 15.5. The second kappa shape index (κ2) is 7.25. The molecule has 2 aromatic carbocycles. The topological polar surface area (TPSA) is 52.5 Å². The van der Waals surface area contributed by atoms with Gasteiger partial charge in [0.2, 0.25) is 0 Å². The number of aliphatic hydroxyl groups is 1. The summed E-state index contributed by atoms with van der Waals surface area (Å²) in [6, 6.07) is 15.5. The Kier molecular flexibility index (Phi) is 5.37. The monoisotopic (exact) mass is 285 g/mol. The van der Waals surface area contributed by atoms with Crippen molar-refractivity contribution in [3.8, 4) is 5.75 Å². The van der Waals surface area contributed by atoms with Crippen LogP contribution in [0, 0.1) is 6.92 Å². The predicted molar refractivity (Wildman–Crippen MR) is 85.4 cm³/mol. The molecule has 21 heavy (non-hydrogen) atoms. The van der Waals surface area contributed by atoms with Gasteiger partial charge in [0.25, 0.3) is 0 Å². The van der Waals surface area contributed by atoms with Gasteiger partial charge < -0.3 is 15.5 Å². The van der Waals surface area contributed by atoms with Gasteiger partial charge in [-0.25, -0.2) is 0 Å². The van der Waals surface area contributed by atoms with Crippen molar-refractivity contribution in [2.45, 2.75) is 32.4 Å². The van der Waals surface area contributed by atoms with Crippen molar-refractivity contribution in [2.75, 3.05) is 6.54 Å². The van der Waals surface area contributed by atoms with E-state index in [0.717, 1.165) is 24.1 Å². The molecule has 0 radical (unpaired) electrons. The van der Waals surface area contributed by atoms with Crippen LogP contribution < -0.4 is 5.32 Å². The SMILES string of the molecule is Cc1cc(C(O)C(C)NCCc2ccccc2)ccc1O. The van der Waals surface area contributed by atoms with Crippen LogP contribution in [0.3, 0.4) is 0 Å². The third-order valence-corrected chi connectivity index (χ3v) is 3.76. The first-order valence-electron chi connectivity index (χ1n) is 7.33. The Morgan fingerprint density at radius 2 is 1.81 bits per heavy atom. The summed E-state index contributed by atoms with van der Waals surface area (Å²) in [7, 11) is 0. The highest BCUT2D eigenvalue weighted by Crippen LogP contribution is 2.23. The Balaban J connectivity index is 1.87. The van der Waals surface area contributed by atoms with Crippen LogP contribution in [0.15, 0.2) is 48.5 Å². The van der Waals surface area contributed by atoms with E-state index in [1.165, 1.54) is 5.56 Å². The van der Waals surface area contributed by atoms with Gasteiger partial charge in [-0.3, -0.25) is 0 Å². The van der Waals surface area contributed by atoms with Gasteiger partial charge in [0.05, 0.1) is 6.10 Å². The maximum absolute atomic E-state index is 10.4. The Bertz CT molecular complexity index is 569. The Morgan fingerprint density at radius 3 is 2.48 bits per heavy atom. The molecule has 0 fully saturated rings. The van der Waals surface area contributed by atoms with Crippen LogP contribution in [0.5, 0.6) is 5.75 Å². The van der Waals surface area contributed by atoms with Crippen molar-refractivity contribution in [1.29, 1.82) is 0 Å². The molecule has 2 atom stereocenters. The van der Waals surface area contributed by atoms with E-state index < -0.39 is 6.10 Å². The van der Waals surface area contributed by atoms with Crippen molar-refractivity contribution in [2.24, 2.45) is 0 Å². The smallest absolute Gasteiger partial charge is 0.118 e. The number of aliphatic hydroxyl groups excluding tert-OH is 1. The fourth-order valence-electron chi connectivity index (χ4n) is 2.35. The number of aromatic hydroxyl groups is 1. The molecule has 2 rings (SSSR count). The number of phenolic OH excluding ortho intramolecular Hbond substituents is 1. The average Bonchev–Trinajstić information content (AvgIpc) is 2.50. The van der Waals surface area contributed by atoms with Crippen LogP contribution in [0.25, 0.3) is 0 Å². The standard InChI is InChI=1S/C18H23NO2/c1-13-12-16(8-9-17(13)20)18(21)14(2)19-11-10-15-6-4-3-5-7-15/h3-9,12,14,18-21H,10-11H2,1-2H3. The molecule has 0 aliphatic heterocycles. The Labute approximate surface area is 126 Å². The van der Waals surface area contributed by atoms with Gasteiger partial charge in [-0.2, -0.15) is 0 Å². The van der Waals surface area contributed by atoms with Crippen molar-refractivity contribution in [1.82, 2.24) is 5.32 Å². The van der Waals surface area contributed by atoms with Gasteiger partial charge >= 0.3 is 0 Å². The predicted octanol–water partition coefficient (Wildman–Crippen LogP) is 2.95. The molecule has 3 heteroatoms. The van der Waals surface area contributed by atoms with E-state index in [2.05, 4.69) is 17.4 Å². The maximum Gasteiger partial charge on any atom is 0.118 e. The van der Waals surface area contributed by atoms with E-state index in [4.69, 9.17) is 0 Å². The molecular formula is C18H23NO2. The van der Waals surface area contributed by atoms with Crippen LogP contribution in [-0.2, 0) is 6.42 Å². The normalized spacial score (nSPS) is 13.9. The van der Waals surface area contributed by atoms with Crippen molar-refractivity contribution in [3.05, 3.63) is 65.2 Å². The number of nitrogens with one attached hydrogen (secondary N) is 1. The first-order valence-corrected chi connectivity index (χ1v) is 7.33. The number of hydrogen-bond donors (Lipinski definition) is 3. The molecule has 3 nitrogen and oxygen atoms in total. The van der Waals surface area contributed by atoms with E-state index in [9.17, 15) is 10.2 Å². The van der Waals surface area contributed by atoms with E-state index in [1.807, 2.05) is 38.1 Å². The fraction of sp³-hybridized carbons (Fsp3) is 0.333. The molecule has 0 aliphatic rings. The summed E-state index contributed by atoms with van der Waals surface area (Å²) in [6.07, 6.45) is 0.354. The lowest BCUT2D eigenvalue weighted by Crippen LogP contribution is -2.33. The van der Waals surface area contributed by atoms with Crippen molar-refractivity contribution >= 4 is 0 Å². The van der Waals surface area contributed by atoms with Gasteiger partial charge in [0.1, 0.15) is 5.75 Å². The molecule has 2 aromatic rings. The van der Waals surface area contributed by atoms with Crippen LogP contribution in [0.1, 0.15) is 29.7 Å². The van der Waals surface area contributed by atoms with Crippen LogP contribution in [0.2, 0.25) is 0 Å². The van der Waals surface area contributed by atoms with Crippen molar-refractivity contribution < 1.29 is 10.2 Å². The van der Waals surface area contributed by atoms with Crippen LogP contribution >= 0.6 is 0 Å². The molecular weight excluding hydrogens is 262 g/mol. The largest absolute Gasteiger partial charge is 0.508 e. The lowest BCUT2D eigenvalue weighted by Gasteiger charge is -2.21. The minimum Gasteiger partial charge on any atom is -0.508 e. The molecule has 0 saturated heterocycles. The molecule has 0 aliphatic carbocycles. The van der Waals surface area contributed by atoms with E-state index in [-0.39, 0.29) is 11.8 Å². The number of hydrogen-bond acceptors (Lipinski definition) is 3. The fourth-order valence-corrected chi connectivity index (χ4v) is 2.35.